The van der Waals surface area contributed by atoms with Crippen LogP contribution in [0.2, 0.25) is 0 Å². The summed E-state index contributed by atoms with van der Waals surface area (Å²) in [4.78, 5) is 27.6. The quantitative estimate of drug-likeness (QED) is 0.556. The van der Waals surface area contributed by atoms with Gasteiger partial charge in [0.1, 0.15) is 11.5 Å². The Morgan fingerprint density at radius 2 is 1.86 bits per heavy atom. The SMILES string of the molecule is CCOC(=O)c1cc2cc(NC(=O)c3cc(C(C)C)c(C(C)C)o3)ccc2[nH]1. The molecule has 2 heterocycles. The first-order valence-electron chi connectivity index (χ1n) is 9.55. The first-order valence-corrected chi connectivity index (χ1v) is 9.55. The Kier molecular flexibility index (Phi) is 5.58. The number of esters is 1. The van der Waals surface area contributed by atoms with E-state index >= 15 is 0 Å². The predicted octanol–water partition coefficient (Wildman–Crippen LogP) is 5.44. The smallest absolute Gasteiger partial charge is 0.354 e. The molecular formula is C22H26N2O4. The zero-order valence-corrected chi connectivity index (χ0v) is 16.9. The lowest BCUT2D eigenvalue weighted by Gasteiger charge is -2.07. The molecule has 0 aliphatic carbocycles. The summed E-state index contributed by atoms with van der Waals surface area (Å²) < 4.78 is 10.9. The monoisotopic (exact) mass is 382 g/mol. The van der Waals surface area contributed by atoms with Crippen LogP contribution < -0.4 is 5.32 Å². The Bertz CT molecular complexity index is 985. The van der Waals surface area contributed by atoms with Gasteiger partial charge in [-0.2, -0.15) is 0 Å². The largest absolute Gasteiger partial charge is 0.461 e. The average Bonchev–Trinajstić information content (AvgIpc) is 3.26. The maximum absolute atomic E-state index is 12.7. The standard InChI is InChI=1S/C22H26N2O4/c1-6-27-22(26)18-10-14-9-15(7-8-17(14)24-18)23-21(25)19-11-16(12(2)3)20(28-19)13(4)5/h7-13,24H,6H2,1-5H3,(H,23,25). The second-order valence-electron chi connectivity index (χ2n) is 7.40. The molecule has 0 radical (unpaired) electrons. The number of amides is 1. The number of nitrogens with one attached hydrogen (secondary N) is 2. The van der Waals surface area contributed by atoms with E-state index in [-0.39, 0.29) is 17.7 Å². The molecule has 0 spiro atoms. The van der Waals surface area contributed by atoms with Crippen LogP contribution in [0.1, 0.15) is 78.8 Å². The molecule has 0 fully saturated rings. The van der Waals surface area contributed by atoms with Crippen molar-refractivity contribution in [2.24, 2.45) is 0 Å². The number of hydrogen-bond acceptors (Lipinski definition) is 4. The number of carbonyl (C=O) groups is 2. The molecule has 3 aromatic rings. The highest BCUT2D eigenvalue weighted by atomic mass is 16.5. The number of carbonyl (C=O) groups excluding carboxylic acids is 2. The Labute approximate surface area is 164 Å². The fourth-order valence-electron chi connectivity index (χ4n) is 3.16. The summed E-state index contributed by atoms with van der Waals surface area (Å²) in [5, 5.41) is 3.68. The third-order valence-corrected chi connectivity index (χ3v) is 4.54. The van der Waals surface area contributed by atoms with Gasteiger partial charge in [-0.15, -0.1) is 0 Å². The van der Waals surface area contributed by atoms with Crippen molar-refractivity contribution in [3.8, 4) is 0 Å². The number of aromatic nitrogens is 1. The number of fused-ring (bicyclic) bond motifs is 1. The number of furan rings is 1. The number of rotatable bonds is 6. The van der Waals surface area contributed by atoms with Crippen LogP contribution >= 0.6 is 0 Å². The van der Waals surface area contributed by atoms with Crippen LogP contribution in [0.4, 0.5) is 5.69 Å². The predicted molar refractivity (Wildman–Crippen MR) is 109 cm³/mol. The minimum absolute atomic E-state index is 0.205. The lowest BCUT2D eigenvalue weighted by molar-refractivity contribution is 0.0520. The van der Waals surface area contributed by atoms with Crippen molar-refractivity contribution in [3.63, 3.8) is 0 Å². The van der Waals surface area contributed by atoms with Gasteiger partial charge in [-0.25, -0.2) is 4.79 Å². The van der Waals surface area contributed by atoms with Crippen LogP contribution in [0.15, 0.2) is 34.7 Å². The number of ether oxygens (including phenoxy) is 1. The number of benzene rings is 1. The van der Waals surface area contributed by atoms with Gasteiger partial charge >= 0.3 is 5.97 Å². The molecule has 148 valence electrons. The first-order chi connectivity index (χ1) is 13.3. The van der Waals surface area contributed by atoms with Crippen molar-refractivity contribution >= 4 is 28.5 Å². The third-order valence-electron chi connectivity index (χ3n) is 4.54. The highest BCUT2D eigenvalue weighted by Gasteiger charge is 2.21. The van der Waals surface area contributed by atoms with Crippen molar-refractivity contribution in [3.05, 3.63) is 53.1 Å². The molecule has 6 heteroatoms. The van der Waals surface area contributed by atoms with E-state index in [9.17, 15) is 9.59 Å². The van der Waals surface area contributed by atoms with Crippen LogP contribution in [-0.2, 0) is 4.74 Å². The lowest BCUT2D eigenvalue weighted by Crippen LogP contribution is -2.10. The van der Waals surface area contributed by atoms with Crippen molar-refractivity contribution in [2.75, 3.05) is 11.9 Å². The molecule has 0 unspecified atom stereocenters. The van der Waals surface area contributed by atoms with Gasteiger partial charge in [-0.1, -0.05) is 27.7 Å². The second kappa shape index (κ2) is 7.92. The van der Waals surface area contributed by atoms with Gasteiger partial charge in [-0.05, 0) is 48.7 Å². The second-order valence-corrected chi connectivity index (χ2v) is 7.40. The van der Waals surface area contributed by atoms with Gasteiger partial charge in [0.15, 0.2) is 5.76 Å². The van der Waals surface area contributed by atoms with E-state index in [1.165, 1.54) is 0 Å². The number of hydrogen-bond donors (Lipinski definition) is 2. The molecule has 0 atom stereocenters. The summed E-state index contributed by atoms with van der Waals surface area (Å²) in [5.74, 6) is 0.933. The van der Waals surface area contributed by atoms with Crippen molar-refractivity contribution in [1.82, 2.24) is 4.98 Å². The first kappa shape index (κ1) is 19.7. The molecule has 3 rings (SSSR count). The molecular weight excluding hydrogens is 356 g/mol. The van der Waals surface area contributed by atoms with Gasteiger partial charge in [0.25, 0.3) is 5.91 Å². The molecule has 0 aliphatic heterocycles. The Balaban J connectivity index is 1.83. The molecule has 0 saturated heterocycles. The lowest BCUT2D eigenvalue weighted by atomic mass is 9.98. The zero-order chi connectivity index (χ0) is 20.4. The van der Waals surface area contributed by atoms with Crippen molar-refractivity contribution in [2.45, 2.75) is 46.5 Å². The molecule has 1 aromatic carbocycles. The van der Waals surface area contributed by atoms with Gasteiger partial charge in [0, 0.05) is 22.5 Å². The summed E-state index contributed by atoms with van der Waals surface area (Å²) in [5.41, 5.74) is 2.86. The summed E-state index contributed by atoms with van der Waals surface area (Å²) in [6.45, 7) is 10.3. The van der Waals surface area contributed by atoms with Gasteiger partial charge in [-0.3, -0.25) is 4.79 Å². The molecule has 28 heavy (non-hydrogen) atoms. The van der Waals surface area contributed by atoms with Crippen LogP contribution in [0.3, 0.4) is 0 Å². The molecule has 0 aliphatic rings. The number of aromatic amines is 1. The van der Waals surface area contributed by atoms with E-state index in [0.29, 0.717) is 23.7 Å². The third kappa shape index (κ3) is 3.96. The molecule has 0 saturated carbocycles. The molecule has 1 amide bonds. The van der Waals surface area contributed by atoms with Gasteiger partial charge < -0.3 is 19.5 Å². The van der Waals surface area contributed by atoms with Crippen LogP contribution in [-0.4, -0.2) is 23.5 Å². The van der Waals surface area contributed by atoms with Crippen molar-refractivity contribution < 1.29 is 18.7 Å². The molecule has 0 bridgehead atoms. The molecule has 2 N–H and O–H groups in total. The van der Waals surface area contributed by atoms with E-state index in [1.54, 1.807) is 19.1 Å². The summed E-state index contributed by atoms with van der Waals surface area (Å²) >= 11 is 0. The van der Waals surface area contributed by atoms with E-state index in [2.05, 4.69) is 24.1 Å². The Morgan fingerprint density at radius 1 is 1.11 bits per heavy atom. The summed E-state index contributed by atoms with van der Waals surface area (Å²) in [6, 6.07) is 8.94. The normalized spacial score (nSPS) is 11.4. The Morgan fingerprint density at radius 3 is 2.46 bits per heavy atom. The van der Waals surface area contributed by atoms with Gasteiger partial charge in [0.2, 0.25) is 0 Å². The van der Waals surface area contributed by atoms with Crippen molar-refractivity contribution in [1.29, 1.82) is 0 Å². The maximum atomic E-state index is 12.7. The van der Waals surface area contributed by atoms with E-state index < -0.39 is 5.97 Å². The van der Waals surface area contributed by atoms with E-state index in [4.69, 9.17) is 9.15 Å². The fraction of sp³-hybridized carbons (Fsp3) is 0.364. The summed E-state index contributed by atoms with van der Waals surface area (Å²) in [6.07, 6.45) is 0. The fourth-order valence-corrected chi connectivity index (χ4v) is 3.16. The van der Waals surface area contributed by atoms with Crippen LogP contribution in [0, 0.1) is 0 Å². The topological polar surface area (TPSA) is 84.3 Å². The number of H-pyrrole nitrogens is 1. The van der Waals surface area contributed by atoms with Crippen LogP contribution in [0.25, 0.3) is 10.9 Å². The minimum atomic E-state index is -0.401. The van der Waals surface area contributed by atoms with Gasteiger partial charge in [0.05, 0.1) is 6.61 Å². The average molecular weight is 382 g/mol. The highest BCUT2D eigenvalue weighted by molar-refractivity contribution is 6.04. The molecule has 2 aromatic heterocycles. The molecule has 6 nitrogen and oxygen atoms in total. The highest BCUT2D eigenvalue weighted by Crippen LogP contribution is 2.30. The van der Waals surface area contributed by atoms with Crippen LogP contribution in [0.5, 0.6) is 0 Å². The minimum Gasteiger partial charge on any atom is -0.461 e. The Hall–Kier alpha value is -3.02. The van der Waals surface area contributed by atoms with E-state index in [1.807, 2.05) is 32.0 Å². The summed E-state index contributed by atoms with van der Waals surface area (Å²) in [7, 11) is 0. The zero-order valence-electron chi connectivity index (χ0n) is 16.9. The number of anilines is 1. The maximum Gasteiger partial charge on any atom is 0.354 e. The van der Waals surface area contributed by atoms with E-state index in [0.717, 1.165) is 22.2 Å².